The zero-order valence-corrected chi connectivity index (χ0v) is 27.0. The van der Waals surface area contributed by atoms with E-state index in [2.05, 4.69) is 11.7 Å². The summed E-state index contributed by atoms with van der Waals surface area (Å²) in [7, 11) is 0. The van der Waals surface area contributed by atoms with Crippen LogP contribution in [0, 0.1) is 35.0 Å². The van der Waals surface area contributed by atoms with Gasteiger partial charge in [0.15, 0.2) is 0 Å². The van der Waals surface area contributed by atoms with E-state index in [0.29, 0.717) is 42.3 Å². The van der Waals surface area contributed by atoms with Gasteiger partial charge >= 0.3 is 12.3 Å². The Morgan fingerprint density at radius 1 is 0.660 bits per heavy atom. The Kier molecular flexibility index (Phi) is 11.3. The summed E-state index contributed by atoms with van der Waals surface area (Å²) in [5.41, 5.74) is -2.07. The highest BCUT2D eigenvalue weighted by Gasteiger charge is 2.41. The van der Waals surface area contributed by atoms with Crippen molar-refractivity contribution >= 4 is 6.08 Å². The molecule has 1 saturated carbocycles. The molecule has 11 heteroatoms. The molecule has 4 aromatic carbocycles. The second kappa shape index (κ2) is 15.3. The summed E-state index contributed by atoms with van der Waals surface area (Å²) in [6.07, 6.45) is -0.357. The number of rotatable bonds is 11. The van der Waals surface area contributed by atoms with Gasteiger partial charge in [0.2, 0.25) is 0 Å². The lowest BCUT2D eigenvalue weighted by Crippen LogP contribution is -2.25. The van der Waals surface area contributed by atoms with Gasteiger partial charge in [-0.3, -0.25) is 0 Å². The molecule has 5 rings (SSSR count). The summed E-state index contributed by atoms with van der Waals surface area (Å²) in [6.45, 7) is 2.18. The van der Waals surface area contributed by atoms with Gasteiger partial charge in [-0.05, 0) is 96.7 Å². The zero-order valence-electron chi connectivity index (χ0n) is 27.0. The Morgan fingerprint density at radius 2 is 1.28 bits per heavy atom. The second-order valence-electron chi connectivity index (χ2n) is 12.6. The minimum Gasteiger partial charge on any atom is -0.429 e. The molecule has 0 unspecified atom stereocenters. The van der Waals surface area contributed by atoms with Crippen molar-refractivity contribution in [3.8, 4) is 28.0 Å². The Morgan fingerprint density at radius 3 is 1.88 bits per heavy atom. The third-order valence-corrected chi connectivity index (χ3v) is 9.12. The largest absolute Gasteiger partial charge is 0.432 e. The van der Waals surface area contributed by atoms with E-state index in [9.17, 15) is 35.1 Å². The van der Waals surface area contributed by atoms with Crippen molar-refractivity contribution in [1.29, 1.82) is 0 Å². The van der Waals surface area contributed by atoms with Crippen LogP contribution in [0.25, 0.3) is 28.3 Å². The van der Waals surface area contributed by atoms with E-state index in [1.165, 1.54) is 37.8 Å². The van der Waals surface area contributed by atoms with Crippen LogP contribution in [0.3, 0.4) is 0 Å². The molecule has 0 radical (unpaired) electrons. The van der Waals surface area contributed by atoms with E-state index in [4.69, 9.17) is 0 Å². The molecule has 0 aromatic heterocycles. The summed E-state index contributed by atoms with van der Waals surface area (Å²) in [6, 6.07) is 11.0. The topological polar surface area (TPSA) is 9.23 Å². The second-order valence-corrected chi connectivity index (χ2v) is 12.6. The number of halogens is 10. The first-order chi connectivity index (χ1) is 23.6. The number of benzene rings is 4. The van der Waals surface area contributed by atoms with Crippen molar-refractivity contribution in [2.75, 3.05) is 0 Å². The van der Waals surface area contributed by atoms with Crippen LogP contribution in [0.2, 0.25) is 0 Å². The first kappa shape index (κ1) is 37.0. The Hall–Kier alpha value is -4.28. The fraction of sp³-hybridized carbons (Fsp3) is 0.333. The van der Waals surface area contributed by atoms with Gasteiger partial charge < -0.3 is 4.74 Å². The van der Waals surface area contributed by atoms with Crippen LogP contribution in [-0.2, 0) is 6.11 Å². The van der Waals surface area contributed by atoms with Crippen molar-refractivity contribution < 1.29 is 48.6 Å². The lowest BCUT2D eigenvalue weighted by molar-refractivity contribution is -0.189. The standard InChI is InChI=1S/C39H34F10O/c1-2-3-4-5-23-6-8-24(9-7-23)26-11-14-30(33(41)18-26)27-12-15-31(34(42)19-27)28-20-35(43)37(36(44)21-28)39(48,49)50-29-13-10-25(32(40)22-29)16-17-38(45,46)47/h10-24H,2-9H2,1H3. The maximum Gasteiger partial charge on any atom is 0.432 e. The molecule has 266 valence electrons. The summed E-state index contributed by atoms with van der Waals surface area (Å²) in [4.78, 5) is 0. The molecule has 0 bridgehead atoms. The number of unbranched alkanes of at least 4 members (excludes halogenated alkanes) is 2. The Balaban J connectivity index is 1.30. The molecule has 1 fully saturated rings. The van der Waals surface area contributed by atoms with Crippen LogP contribution in [0.5, 0.6) is 5.75 Å². The SMILES string of the molecule is CCCCCC1CCC(c2ccc(-c3ccc(-c4cc(F)c(C(F)(F)Oc5ccc(C=CC(F)(F)F)c(F)c5)c(F)c4)c(F)c3)c(F)c2)CC1. The number of alkyl halides is 5. The van der Waals surface area contributed by atoms with Crippen LogP contribution < -0.4 is 4.74 Å². The van der Waals surface area contributed by atoms with Crippen LogP contribution in [0.1, 0.15) is 80.9 Å². The van der Waals surface area contributed by atoms with E-state index in [0.717, 1.165) is 43.4 Å². The lowest BCUT2D eigenvalue weighted by Gasteiger charge is -2.29. The highest BCUT2D eigenvalue weighted by Crippen LogP contribution is 2.41. The summed E-state index contributed by atoms with van der Waals surface area (Å²) in [5.74, 6) is -6.51. The third kappa shape index (κ3) is 8.89. The molecule has 0 aliphatic heterocycles. The molecular weight excluding hydrogens is 674 g/mol. The van der Waals surface area contributed by atoms with Crippen molar-refractivity contribution in [1.82, 2.24) is 0 Å². The monoisotopic (exact) mass is 708 g/mol. The van der Waals surface area contributed by atoms with Crippen molar-refractivity contribution in [2.24, 2.45) is 5.92 Å². The predicted molar refractivity (Wildman–Crippen MR) is 172 cm³/mol. The van der Waals surface area contributed by atoms with E-state index in [1.807, 2.05) is 6.07 Å². The maximum atomic E-state index is 15.3. The van der Waals surface area contributed by atoms with Gasteiger partial charge in [0, 0.05) is 28.8 Å². The average Bonchev–Trinajstić information content (AvgIpc) is 3.03. The molecule has 0 amide bonds. The molecule has 0 saturated heterocycles. The molecular formula is C39H34F10O. The summed E-state index contributed by atoms with van der Waals surface area (Å²) in [5, 5.41) is 0. The summed E-state index contributed by atoms with van der Waals surface area (Å²) >= 11 is 0. The minimum absolute atomic E-state index is 0.123. The van der Waals surface area contributed by atoms with Gasteiger partial charge in [0.05, 0.1) is 0 Å². The molecule has 1 aliphatic rings. The highest BCUT2D eigenvalue weighted by molar-refractivity contribution is 5.72. The quantitative estimate of drug-likeness (QED) is 0.111. The van der Waals surface area contributed by atoms with E-state index in [-0.39, 0.29) is 28.7 Å². The lowest BCUT2D eigenvalue weighted by atomic mass is 9.77. The van der Waals surface area contributed by atoms with Gasteiger partial charge in [-0.2, -0.15) is 22.0 Å². The van der Waals surface area contributed by atoms with Crippen LogP contribution in [0.4, 0.5) is 43.9 Å². The molecule has 4 aromatic rings. The maximum absolute atomic E-state index is 15.3. The van der Waals surface area contributed by atoms with Crippen LogP contribution in [0.15, 0.2) is 72.8 Å². The molecule has 0 spiro atoms. The molecule has 50 heavy (non-hydrogen) atoms. The fourth-order valence-electron chi connectivity index (χ4n) is 6.50. The molecule has 1 aliphatic carbocycles. The third-order valence-electron chi connectivity index (χ3n) is 9.12. The zero-order chi connectivity index (χ0) is 36.2. The molecule has 0 N–H and O–H groups in total. The fourth-order valence-corrected chi connectivity index (χ4v) is 6.50. The number of hydrogen-bond donors (Lipinski definition) is 0. The van der Waals surface area contributed by atoms with Gasteiger partial charge in [-0.15, -0.1) is 0 Å². The van der Waals surface area contributed by atoms with E-state index >= 15 is 8.78 Å². The summed E-state index contributed by atoms with van der Waals surface area (Å²) < 4.78 is 146. The predicted octanol–water partition coefficient (Wildman–Crippen LogP) is 13.3. The number of ether oxygens (including phenoxy) is 1. The van der Waals surface area contributed by atoms with Gasteiger partial charge in [-0.25, -0.2) is 22.0 Å². The van der Waals surface area contributed by atoms with Gasteiger partial charge in [-0.1, -0.05) is 56.9 Å². The number of allylic oxidation sites excluding steroid dienone is 1. The first-order valence-electron chi connectivity index (χ1n) is 16.4. The van der Waals surface area contributed by atoms with Crippen molar-refractivity contribution in [3.63, 3.8) is 0 Å². The molecule has 1 nitrogen and oxygen atoms in total. The van der Waals surface area contributed by atoms with Gasteiger partial charge in [0.25, 0.3) is 0 Å². The van der Waals surface area contributed by atoms with Crippen LogP contribution >= 0.6 is 0 Å². The highest BCUT2D eigenvalue weighted by atomic mass is 19.4. The van der Waals surface area contributed by atoms with Crippen molar-refractivity contribution in [2.45, 2.75) is 76.5 Å². The Labute approximate surface area is 283 Å². The molecule has 0 atom stereocenters. The van der Waals surface area contributed by atoms with Gasteiger partial charge in [0.1, 0.15) is 40.4 Å². The number of hydrogen-bond acceptors (Lipinski definition) is 1. The Bertz CT molecular complexity index is 1810. The molecule has 0 heterocycles. The minimum atomic E-state index is -4.75. The average molecular weight is 709 g/mol. The smallest absolute Gasteiger partial charge is 0.429 e. The van der Waals surface area contributed by atoms with Crippen molar-refractivity contribution in [3.05, 3.63) is 119 Å². The van der Waals surface area contributed by atoms with Crippen LogP contribution in [-0.4, -0.2) is 6.18 Å². The first-order valence-corrected chi connectivity index (χ1v) is 16.4. The van der Waals surface area contributed by atoms with E-state index in [1.54, 1.807) is 6.07 Å². The van der Waals surface area contributed by atoms with E-state index < -0.39 is 63.8 Å². The normalized spacial score (nSPS) is 17.0.